The van der Waals surface area contributed by atoms with Gasteiger partial charge in [-0.05, 0) is 22.9 Å². The summed E-state index contributed by atoms with van der Waals surface area (Å²) >= 11 is 2.99. The van der Waals surface area contributed by atoms with Crippen LogP contribution in [0.3, 0.4) is 0 Å². The van der Waals surface area contributed by atoms with Gasteiger partial charge in [-0.15, -0.1) is 12.4 Å². The van der Waals surface area contributed by atoms with Gasteiger partial charge in [-0.25, -0.2) is 0 Å². The summed E-state index contributed by atoms with van der Waals surface area (Å²) in [7, 11) is 0. The first-order valence-electron chi connectivity index (χ1n) is 4.45. The molecule has 1 rings (SSSR count). The monoisotopic (exact) mass is 326 g/mol. The number of rotatable bonds is 3. The summed E-state index contributed by atoms with van der Waals surface area (Å²) in [5.74, 6) is -0.195. The number of hydrogen-bond donors (Lipinski definition) is 3. The number of nitrogens with zero attached hydrogens (tertiary/aromatic N) is 1. The second kappa shape index (κ2) is 6.15. The minimum atomic E-state index is -0.917. The molecule has 6 nitrogen and oxygen atoms in total. The molecule has 0 spiro atoms. The average molecular weight is 328 g/mol. The number of non-ortho nitro benzene ring substituents is 1. The molecule has 0 aliphatic heterocycles. The lowest BCUT2D eigenvalue weighted by molar-refractivity contribution is -0.385. The minimum absolute atomic E-state index is 0. The fourth-order valence-corrected chi connectivity index (χ4v) is 1.69. The fraction of sp³-hybridized carbons (Fsp3) is 0.333. The molecular weight excluding hydrogens is 315 g/mol. The molecule has 0 radical (unpaired) electrons. The molecule has 17 heavy (non-hydrogen) atoms. The molecule has 0 aliphatic carbocycles. The number of nitro benzene ring substituents is 1. The van der Waals surface area contributed by atoms with Crippen molar-refractivity contribution in [1.82, 2.24) is 0 Å². The van der Waals surface area contributed by atoms with Crippen molar-refractivity contribution < 1.29 is 15.1 Å². The van der Waals surface area contributed by atoms with Gasteiger partial charge in [0.2, 0.25) is 0 Å². The molecular formula is C9H12BrClN2O4. The largest absolute Gasteiger partial charge is 0.506 e. The van der Waals surface area contributed by atoms with Crippen molar-refractivity contribution in [2.75, 3.05) is 0 Å². The number of phenolic OH excluding ortho intramolecular Hbond substituents is 1. The third kappa shape index (κ3) is 3.53. The maximum absolute atomic E-state index is 10.6. The van der Waals surface area contributed by atoms with Crippen molar-refractivity contribution in [2.45, 2.75) is 19.1 Å². The van der Waals surface area contributed by atoms with Gasteiger partial charge in [0.05, 0.1) is 21.5 Å². The SMILES string of the molecule is C[C@@H](O)[C@@H](N)c1cc([N+](=O)[O-])cc(Br)c1O.Cl. The third-order valence-corrected chi connectivity index (χ3v) is 2.77. The van der Waals surface area contributed by atoms with E-state index in [2.05, 4.69) is 15.9 Å². The molecule has 0 saturated carbocycles. The first kappa shape index (κ1) is 16.1. The zero-order valence-electron chi connectivity index (χ0n) is 8.83. The summed E-state index contributed by atoms with van der Waals surface area (Å²) < 4.78 is 0.174. The van der Waals surface area contributed by atoms with E-state index in [-0.39, 0.29) is 33.9 Å². The second-order valence-corrected chi connectivity index (χ2v) is 4.24. The molecule has 4 N–H and O–H groups in total. The molecule has 0 amide bonds. The lowest BCUT2D eigenvalue weighted by Crippen LogP contribution is -2.23. The number of halogens is 2. The van der Waals surface area contributed by atoms with Gasteiger partial charge in [0.1, 0.15) is 5.75 Å². The van der Waals surface area contributed by atoms with Crippen molar-refractivity contribution in [3.8, 4) is 5.75 Å². The predicted molar refractivity (Wildman–Crippen MR) is 68.3 cm³/mol. The molecule has 1 aromatic rings. The summed E-state index contributed by atoms with van der Waals surface area (Å²) in [6.45, 7) is 1.44. The smallest absolute Gasteiger partial charge is 0.271 e. The Hall–Kier alpha value is -0.890. The molecule has 96 valence electrons. The highest BCUT2D eigenvalue weighted by atomic mass is 79.9. The van der Waals surface area contributed by atoms with E-state index in [0.717, 1.165) is 6.07 Å². The minimum Gasteiger partial charge on any atom is -0.506 e. The number of aliphatic hydroxyl groups excluding tert-OH is 1. The number of aliphatic hydroxyl groups is 1. The number of benzene rings is 1. The van der Waals surface area contributed by atoms with E-state index in [4.69, 9.17) is 5.73 Å². The third-order valence-electron chi connectivity index (χ3n) is 2.17. The van der Waals surface area contributed by atoms with Crippen LogP contribution in [0.1, 0.15) is 18.5 Å². The van der Waals surface area contributed by atoms with Crippen molar-refractivity contribution in [1.29, 1.82) is 0 Å². The van der Waals surface area contributed by atoms with Crippen molar-refractivity contribution in [3.63, 3.8) is 0 Å². The van der Waals surface area contributed by atoms with Gasteiger partial charge in [0.15, 0.2) is 0 Å². The van der Waals surface area contributed by atoms with E-state index in [9.17, 15) is 20.3 Å². The number of phenols is 1. The van der Waals surface area contributed by atoms with Gasteiger partial charge in [-0.3, -0.25) is 10.1 Å². The van der Waals surface area contributed by atoms with Crippen LogP contribution in [0.15, 0.2) is 16.6 Å². The number of aromatic hydroxyl groups is 1. The number of nitro groups is 1. The van der Waals surface area contributed by atoms with Gasteiger partial charge >= 0.3 is 0 Å². The van der Waals surface area contributed by atoms with Crippen LogP contribution in [0, 0.1) is 10.1 Å². The fourth-order valence-electron chi connectivity index (χ4n) is 1.22. The molecule has 0 fully saturated rings. The van der Waals surface area contributed by atoms with Crippen LogP contribution in [0.2, 0.25) is 0 Å². The van der Waals surface area contributed by atoms with Crippen molar-refractivity contribution in [3.05, 3.63) is 32.3 Å². The Morgan fingerprint density at radius 2 is 2.06 bits per heavy atom. The van der Waals surface area contributed by atoms with E-state index >= 15 is 0 Å². The molecule has 0 aliphatic rings. The molecule has 2 atom stereocenters. The van der Waals surface area contributed by atoms with Gasteiger partial charge in [0, 0.05) is 17.7 Å². The van der Waals surface area contributed by atoms with Crippen molar-refractivity contribution in [2.24, 2.45) is 5.73 Å². The van der Waals surface area contributed by atoms with Crippen LogP contribution in [0.5, 0.6) is 5.75 Å². The maximum Gasteiger partial charge on any atom is 0.271 e. The summed E-state index contributed by atoms with van der Waals surface area (Å²) in [6.07, 6.45) is -0.917. The average Bonchev–Trinajstić information content (AvgIpc) is 2.20. The second-order valence-electron chi connectivity index (χ2n) is 3.39. The maximum atomic E-state index is 10.6. The first-order valence-corrected chi connectivity index (χ1v) is 5.24. The van der Waals surface area contributed by atoms with Crippen LogP contribution in [-0.4, -0.2) is 21.2 Å². The van der Waals surface area contributed by atoms with Crippen molar-refractivity contribution >= 4 is 34.0 Å². The molecule has 0 aromatic heterocycles. The zero-order chi connectivity index (χ0) is 12.5. The van der Waals surface area contributed by atoms with Crippen LogP contribution in [-0.2, 0) is 0 Å². The van der Waals surface area contributed by atoms with E-state index in [1.807, 2.05) is 0 Å². The summed E-state index contributed by atoms with van der Waals surface area (Å²) in [5.41, 5.74) is 5.56. The summed E-state index contributed by atoms with van der Waals surface area (Å²) in [4.78, 5) is 10.0. The van der Waals surface area contributed by atoms with E-state index in [0.29, 0.717) is 0 Å². The first-order chi connectivity index (χ1) is 7.34. The van der Waals surface area contributed by atoms with E-state index < -0.39 is 17.1 Å². The van der Waals surface area contributed by atoms with Crippen LogP contribution >= 0.6 is 28.3 Å². The Morgan fingerprint density at radius 1 is 1.53 bits per heavy atom. The number of hydrogen-bond acceptors (Lipinski definition) is 5. The highest BCUT2D eigenvalue weighted by Crippen LogP contribution is 2.36. The molecule has 1 aromatic carbocycles. The lowest BCUT2D eigenvalue weighted by atomic mass is 10.0. The van der Waals surface area contributed by atoms with E-state index in [1.165, 1.54) is 13.0 Å². The Bertz CT molecular complexity index is 428. The van der Waals surface area contributed by atoms with Gasteiger partial charge in [0.25, 0.3) is 5.69 Å². The van der Waals surface area contributed by atoms with Crippen LogP contribution < -0.4 is 5.73 Å². The standard InChI is InChI=1S/C9H11BrN2O4.ClH/c1-4(13)8(11)6-2-5(12(15)16)3-7(10)9(6)14;/h2-4,8,13-14H,11H2,1H3;1H/t4-,8-;/m1./s1. The Balaban J connectivity index is 0.00000256. The Kier molecular flexibility index (Phi) is 5.83. The lowest BCUT2D eigenvalue weighted by Gasteiger charge is -2.16. The van der Waals surface area contributed by atoms with Gasteiger partial charge in [-0.1, -0.05) is 0 Å². The highest BCUT2D eigenvalue weighted by Gasteiger charge is 2.21. The normalized spacial score (nSPS) is 13.6. The van der Waals surface area contributed by atoms with Crippen LogP contribution in [0.25, 0.3) is 0 Å². The highest BCUT2D eigenvalue weighted by molar-refractivity contribution is 9.10. The summed E-state index contributed by atoms with van der Waals surface area (Å²) in [6, 6.07) is 1.45. The molecule has 0 bridgehead atoms. The Morgan fingerprint density at radius 3 is 2.47 bits per heavy atom. The zero-order valence-corrected chi connectivity index (χ0v) is 11.2. The Labute approximate surface area is 112 Å². The topological polar surface area (TPSA) is 110 Å². The quantitative estimate of drug-likeness (QED) is 0.580. The predicted octanol–water partition coefficient (Wildman–Crippen LogP) is 1.87. The summed E-state index contributed by atoms with van der Waals surface area (Å²) in [5, 5.41) is 29.6. The molecule has 0 saturated heterocycles. The van der Waals surface area contributed by atoms with Crippen LogP contribution in [0.4, 0.5) is 5.69 Å². The van der Waals surface area contributed by atoms with Gasteiger partial charge < -0.3 is 15.9 Å². The number of nitrogens with two attached hydrogens (primary N) is 1. The molecule has 8 heteroatoms. The molecule has 0 heterocycles. The van der Waals surface area contributed by atoms with Gasteiger partial charge in [-0.2, -0.15) is 0 Å². The molecule has 0 unspecified atom stereocenters. The van der Waals surface area contributed by atoms with E-state index in [1.54, 1.807) is 0 Å².